The lowest BCUT2D eigenvalue weighted by molar-refractivity contribution is 0.0525. The number of aromatic amines is 1. The number of carbonyl (C=O) groups is 1. The van der Waals surface area contributed by atoms with Crippen LogP contribution in [0.2, 0.25) is 0 Å². The zero-order chi connectivity index (χ0) is 14.7. The molecule has 0 spiro atoms. The Labute approximate surface area is 124 Å². The molecule has 104 valence electrons. The van der Waals surface area contributed by atoms with Crippen LogP contribution in [0.4, 0.5) is 0 Å². The molecule has 0 bridgehead atoms. The minimum Gasteiger partial charge on any atom is -0.462 e. The molecule has 1 N–H and O–H groups in total. The van der Waals surface area contributed by atoms with Crippen molar-refractivity contribution in [3.05, 3.63) is 50.5 Å². The molecule has 6 heteroatoms. The summed E-state index contributed by atoms with van der Waals surface area (Å²) < 4.78 is 5.87. The number of aryl methyl sites for hydroxylation is 1. The summed E-state index contributed by atoms with van der Waals surface area (Å²) in [4.78, 5) is 30.1. The lowest BCUT2D eigenvalue weighted by Gasteiger charge is -2.10. The quantitative estimate of drug-likeness (QED) is 0.874. The van der Waals surface area contributed by atoms with Crippen molar-refractivity contribution in [2.24, 2.45) is 0 Å². The third-order valence-corrected chi connectivity index (χ3v) is 3.19. The predicted octanol–water partition coefficient (Wildman–Crippen LogP) is 2.68. The summed E-state index contributed by atoms with van der Waals surface area (Å²) >= 11 is 3.36. The Hall–Kier alpha value is -1.95. The Balaban J connectivity index is 2.68. The van der Waals surface area contributed by atoms with E-state index < -0.39 is 11.7 Å². The van der Waals surface area contributed by atoms with Crippen LogP contribution in [0.3, 0.4) is 0 Å². The van der Waals surface area contributed by atoms with Crippen LogP contribution in [-0.2, 0) is 4.74 Å². The third-order valence-electron chi connectivity index (χ3n) is 2.70. The second-order valence-corrected chi connectivity index (χ2v) is 5.04. The molecule has 0 saturated heterocycles. The number of nitrogens with one attached hydrogen (secondary N) is 1. The first-order chi connectivity index (χ1) is 9.52. The van der Waals surface area contributed by atoms with E-state index in [1.54, 1.807) is 26.0 Å². The number of hydrogen-bond acceptors (Lipinski definition) is 4. The van der Waals surface area contributed by atoms with Gasteiger partial charge in [-0.15, -0.1) is 0 Å². The predicted molar refractivity (Wildman–Crippen MR) is 78.7 cm³/mol. The molecule has 0 radical (unpaired) electrons. The molecular weight excluding hydrogens is 324 g/mol. The highest BCUT2D eigenvalue weighted by Gasteiger charge is 2.19. The monoisotopic (exact) mass is 336 g/mol. The van der Waals surface area contributed by atoms with Gasteiger partial charge in [0.2, 0.25) is 0 Å². The van der Waals surface area contributed by atoms with Crippen LogP contribution < -0.4 is 5.69 Å². The Bertz CT molecular complexity index is 710. The fourth-order valence-corrected chi connectivity index (χ4v) is 2.28. The summed E-state index contributed by atoms with van der Waals surface area (Å²) in [6.45, 7) is 3.64. The van der Waals surface area contributed by atoms with E-state index >= 15 is 0 Å². The average molecular weight is 337 g/mol. The number of rotatable bonds is 3. The molecule has 1 aromatic heterocycles. The van der Waals surface area contributed by atoms with Gasteiger partial charge in [0.15, 0.2) is 0 Å². The van der Waals surface area contributed by atoms with Crippen molar-refractivity contribution in [2.75, 3.05) is 6.61 Å². The maximum atomic E-state index is 12.1. The zero-order valence-corrected chi connectivity index (χ0v) is 12.7. The summed E-state index contributed by atoms with van der Waals surface area (Å²) in [5, 5.41) is 0. The first kappa shape index (κ1) is 14.5. The van der Waals surface area contributed by atoms with Crippen LogP contribution in [0.5, 0.6) is 0 Å². The van der Waals surface area contributed by atoms with Gasteiger partial charge in [0, 0.05) is 15.7 Å². The Kier molecular flexibility index (Phi) is 4.34. The number of carbonyl (C=O) groups excluding carboxylic acids is 1. The lowest BCUT2D eigenvalue weighted by Crippen LogP contribution is -2.19. The van der Waals surface area contributed by atoms with E-state index in [1.165, 1.54) is 0 Å². The van der Waals surface area contributed by atoms with Gasteiger partial charge in [-0.25, -0.2) is 9.59 Å². The van der Waals surface area contributed by atoms with Gasteiger partial charge < -0.3 is 9.72 Å². The van der Waals surface area contributed by atoms with Gasteiger partial charge in [0.05, 0.1) is 12.3 Å². The summed E-state index contributed by atoms with van der Waals surface area (Å²) in [7, 11) is 0. The maximum Gasteiger partial charge on any atom is 0.345 e. The Morgan fingerprint density at radius 3 is 2.85 bits per heavy atom. The van der Waals surface area contributed by atoms with Crippen LogP contribution in [0.15, 0.2) is 33.5 Å². The minimum atomic E-state index is -0.497. The van der Waals surface area contributed by atoms with Crippen molar-refractivity contribution in [1.29, 1.82) is 0 Å². The highest BCUT2D eigenvalue weighted by Crippen LogP contribution is 2.25. The molecule has 2 rings (SSSR count). The molecule has 0 aliphatic carbocycles. The fraction of sp³-hybridized carbons (Fsp3) is 0.214. The molecule has 0 amide bonds. The zero-order valence-electron chi connectivity index (χ0n) is 11.1. The standard InChI is InChI=1S/C14H13BrN2O3/c1-3-20-13(18)11-8(2)16-14(19)17-12(11)9-5-4-6-10(15)7-9/h4-7H,3H2,1-2H3,(H,16,17,19). The average Bonchev–Trinajstić information content (AvgIpc) is 2.37. The van der Waals surface area contributed by atoms with E-state index in [9.17, 15) is 9.59 Å². The number of hydrogen-bond donors (Lipinski definition) is 1. The van der Waals surface area contributed by atoms with E-state index in [0.717, 1.165) is 4.47 Å². The third kappa shape index (κ3) is 2.96. The van der Waals surface area contributed by atoms with E-state index in [0.29, 0.717) is 17.0 Å². The lowest BCUT2D eigenvalue weighted by atomic mass is 10.0. The number of benzene rings is 1. The SMILES string of the molecule is CCOC(=O)c1c(-c2cccc(Br)c2)nc(=O)[nH]c1C. The molecule has 1 aromatic carbocycles. The molecule has 1 heterocycles. The highest BCUT2D eigenvalue weighted by molar-refractivity contribution is 9.10. The first-order valence-electron chi connectivity index (χ1n) is 6.07. The van der Waals surface area contributed by atoms with E-state index in [-0.39, 0.29) is 12.2 Å². The summed E-state index contributed by atoms with van der Waals surface area (Å²) in [6.07, 6.45) is 0. The minimum absolute atomic E-state index is 0.259. The molecule has 0 atom stereocenters. The van der Waals surface area contributed by atoms with Gasteiger partial charge in [0.1, 0.15) is 5.56 Å². The molecule has 5 nitrogen and oxygen atoms in total. The molecule has 0 aliphatic heterocycles. The van der Waals surface area contributed by atoms with Gasteiger partial charge in [-0.3, -0.25) is 0 Å². The van der Waals surface area contributed by atoms with Crippen molar-refractivity contribution < 1.29 is 9.53 Å². The second kappa shape index (κ2) is 6.00. The van der Waals surface area contributed by atoms with Crippen LogP contribution in [0, 0.1) is 6.92 Å². The van der Waals surface area contributed by atoms with Crippen LogP contribution in [0.25, 0.3) is 11.3 Å². The van der Waals surface area contributed by atoms with Crippen molar-refractivity contribution in [3.63, 3.8) is 0 Å². The molecule has 0 unspecified atom stereocenters. The van der Waals surface area contributed by atoms with E-state index in [2.05, 4.69) is 25.9 Å². The summed E-state index contributed by atoms with van der Waals surface area (Å²) in [5.74, 6) is -0.497. The largest absolute Gasteiger partial charge is 0.462 e. The molecular formula is C14H13BrN2O3. The Morgan fingerprint density at radius 1 is 1.45 bits per heavy atom. The second-order valence-electron chi connectivity index (χ2n) is 4.12. The van der Waals surface area contributed by atoms with E-state index in [4.69, 9.17) is 4.74 Å². The normalized spacial score (nSPS) is 10.3. The number of ether oxygens (including phenoxy) is 1. The topological polar surface area (TPSA) is 72.0 Å². The van der Waals surface area contributed by atoms with Crippen LogP contribution in [-0.4, -0.2) is 22.5 Å². The fourth-order valence-electron chi connectivity index (χ4n) is 1.88. The molecule has 2 aromatic rings. The van der Waals surface area contributed by atoms with Gasteiger partial charge in [-0.2, -0.15) is 4.98 Å². The number of nitrogens with zero attached hydrogens (tertiary/aromatic N) is 1. The van der Waals surface area contributed by atoms with Crippen molar-refractivity contribution in [3.8, 4) is 11.3 Å². The van der Waals surface area contributed by atoms with E-state index in [1.807, 2.05) is 12.1 Å². The van der Waals surface area contributed by atoms with Gasteiger partial charge in [-0.05, 0) is 26.0 Å². The van der Waals surface area contributed by atoms with Crippen molar-refractivity contribution in [1.82, 2.24) is 9.97 Å². The smallest absolute Gasteiger partial charge is 0.345 e. The van der Waals surface area contributed by atoms with Crippen LogP contribution >= 0.6 is 15.9 Å². The van der Waals surface area contributed by atoms with Crippen molar-refractivity contribution >= 4 is 21.9 Å². The molecule has 0 fully saturated rings. The first-order valence-corrected chi connectivity index (χ1v) is 6.86. The molecule has 20 heavy (non-hydrogen) atoms. The van der Waals surface area contributed by atoms with Crippen molar-refractivity contribution in [2.45, 2.75) is 13.8 Å². The maximum absolute atomic E-state index is 12.1. The number of H-pyrrole nitrogens is 1. The number of esters is 1. The molecule has 0 aliphatic rings. The Morgan fingerprint density at radius 2 is 2.20 bits per heavy atom. The van der Waals surface area contributed by atoms with Gasteiger partial charge >= 0.3 is 11.7 Å². The summed E-state index contributed by atoms with van der Waals surface area (Å²) in [5.41, 5.74) is 1.23. The molecule has 0 saturated carbocycles. The van der Waals surface area contributed by atoms with Gasteiger partial charge in [0.25, 0.3) is 0 Å². The highest BCUT2D eigenvalue weighted by atomic mass is 79.9. The van der Waals surface area contributed by atoms with Crippen LogP contribution in [0.1, 0.15) is 23.0 Å². The number of aromatic nitrogens is 2. The number of halogens is 1. The summed E-state index contributed by atoms with van der Waals surface area (Å²) in [6, 6.07) is 7.25. The van der Waals surface area contributed by atoms with Gasteiger partial charge in [-0.1, -0.05) is 28.1 Å².